The number of Topliss-reactive ketones (excluding diaryl/α,β-unsaturated/α-hetero) is 1. The quantitative estimate of drug-likeness (QED) is 0.570. The van der Waals surface area contributed by atoms with Gasteiger partial charge in [0.25, 0.3) is 0 Å². The molecule has 0 spiro atoms. The highest BCUT2D eigenvalue weighted by Gasteiger charge is 2.53. The number of ketones is 1. The predicted molar refractivity (Wildman–Crippen MR) is 124 cm³/mol. The van der Waals surface area contributed by atoms with Gasteiger partial charge in [0.2, 0.25) is 0 Å². The second-order valence-corrected chi connectivity index (χ2v) is 8.13. The molecule has 168 valence electrons. The van der Waals surface area contributed by atoms with Crippen LogP contribution in [0, 0.1) is 0 Å². The number of methoxy groups -OCH3 is 3. The molecule has 2 heterocycles. The van der Waals surface area contributed by atoms with Gasteiger partial charge in [-0.3, -0.25) is 9.79 Å². The van der Waals surface area contributed by atoms with Gasteiger partial charge in [-0.1, -0.05) is 12.1 Å². The van der Waals surface area contributed by atoms with Gasteiger partial charge in [0.05, 0.1) is 44.1 Å². The van der Waals surface area contributed by atoms with Gasteiger partial charge in [0.15, 0.2) is 5.78 Å². The number of hydrogen-bond acceptors (Lipinski definition) is 6. The summed E-state index contributed by atoms with van der Waals surface area (Å²) in [5, 5.41) is 0. The van der Waals surface area contributed by atoms with Gasteiger partial charge >= 0.3 is 0 Å². The number of benzene rings is 2. The lowest BCUT2D eigenvalue weighted by atomic mass is 9.93. The zero-order chi connectivity index (χ0) is 22.9. The smallest absolute Gasteiger partial charge is 0.176 e. The van der Waals surface area contributed by atoms with Crippen LogP contribution in [0.4, 0.5) is 5.69 Å². The molecule has 1 aliphatic rings. The Morgan fingerprint density at radius 1 is 1.09 bits per heavy atom. The third kappa shape index (κ3) is 3.71. The van der Waals surface area contributed by atoms with Gasteiger partial charge in [-0.25, -0.2) is 4.98 Å². The normalized spacial score (nSPS) is 19.2. The van der Waals surface area contributed by atoms with Crippen LogP contribution in [0.1, 0.15) is 25.6 Å². The minimum atomic E-state index is -0.868. The second-order valence-electron chi connectivity index (χ2n) is 8.13. The van der Waals surface area contributed by atoms with E-state index in [0.29, 0.717) is 36.3 Å². The molecule has 1 aromatic heterocycles. The number of H-pyrrole nitrogens is 1. The number of rotatable bonds is 7. The van der Waals surface area contributed by atoms with Crippen LogP contribution in [0.15, 0.2) is 47.5 Å². The molecule has 1 N–H and O–H groups in total. The molecule has 32 heavy (non-hydrogen) atoms. The van der Waals surface area contributed by atoms with E-state index in [1.54, 1.807) is 27.4 Å². The summed E-state index contributed by atoms with van der Waals surface area (Å²) in [4.78, 5) is 28.6. The van der Waals surface area contributed by atoms with Crippen molar-refractivity contribution in [3.05, 3.63) is 48.3 Å². The number of carbonyl (C=O) groups excluding carboxylic acids is 1. The first-order valence-electron chi connectivity index (χ1n) is 10.5. The van der Waals surface area contributed by atoms with Crippen LogP contribution in [0.25, 0.3) is 11.0 Å². The molecule has 0 bridgehead atoms. The Balaban J connectivity index is 1.88. The van der Waals surface area contributed by atoms with E-state index in [2.05, 4.69) is 4.98 Å². The molecule has 1 unspecified atom stereocenters. The lowest BCUT2D eigenvalue weighted by molar-refractivity contribution is -0.121. The van der Waals surface area contributed by atoms with Crippen molar-refractivity contribution in [2.45, 2.75) is 25.3 Å². The number of nitrogens with zero attached hydrogens (tertiary/aromatic N) is 3. The fourth-order valence-electron chi connectivity index (χ4n) is 4.14. The number of para-hydroxylation sites is 2. The summed E-state index contributed by atoms with van der Waals surface area (Å²) in [6.45, 7) is 4.66. The number of hydrogen-bond donors (Lipinski definition) is 1. The van der Waals surface area contributed by atoms with Crippen molar-refractivity contribution in [1.29, 1.82) is 0 Å². The number of aromatic nitrogens is 2. The highest BCUT2D eigenvalue weighted by Crippen LogP contribution is 2.42. The number of anilines is 1. The second kappa shape index (κ2) is 8.63. The van der Waals surface area contributed by atoms with Crippen LogP contribution in [0.3, 0.4) is 0 Å². The number of carbonyl (C=O) groups is 1. The third-order valence-electron chi connectivity index (χ3n) is 5.76. The van der Waals surface area contributed by atoms with Crippen molar-refractivity contribution in [2.24, 2.45) is 4.99 Å². The van der Waals surface area contributed by atoms with E-state index in [-0.39, 0.29) is 5.78 Å². The Kier molecular flexibility index (Phi) is 5.88. The molecule has 0 aliphatic carbocycles. The predicted octanol–water partition coefficient (Wildman–Crippen LogP) is 3.58. The van der Waals surface area contributed by atoms with Crippen molar-refractivity contribution in [2.75, 3.05) is 39.4 Å². The Morgan fingerprint density at radius 2 is 1.78 bits per heavy atom. The van der Waals surface area contributed by atoms with Crippen molar-refractivity contribution in [1.82, 2.24) is 9.97 Å². The van der Waals surface area contributed by atoms with Crippen LogP contribution >= 0.6 is 0 Å². The fraction of sp³-hybridized carbons (Fsp3) is 0.375. The van der Waals surface area contributed by atoms with Crippen LogP contribution in [0.2, 0.25) is 0 Å². The fourth-order valence-corrected chi connectivity index (χ4v) is 4.14. The minimum Gasteiger partial charge on any atom is -0.497 e. The number of ether oxygens (including phenoxy) is 3. The van der Waals surface area contributed by atoms with E-state index in [1.165, 1.54) is 0 Å². The molecule has 0 radical (unpaired) electrons. The van der Waals surface area contributed by atoms with E-state index in [4.69, 9.17) is 24.2 Å². The summed E-state index contributed by atoms with van der Waals surface area (Å²) < 4.78 is 16.1. The van der Waals surface area contributed by atoms with Gasteiger partial charge in [0.1, 0.15) is 34.6 Å². The molecule has 3 aromatic rings. The van der Waals surface area contributed by atoms with Crippen molar-refractivity contribution < 1.29 is 19.0 Å². The Morgan fingerprint density at radius 3 is 2.41 bits per heavy atom. The van der Waals surface area contributed by atoms with Crippen molar-refractivity contribution in [3.8, 4) is 11.5 Å². The van der Waals surface area contributed by atoms with Crippen LogP contribution in [0.5, 0.6) is 11.5 Å². The Hall–Kier alpha value is -3.39. The Bertz CT molecular complexity index is 1110. The molecule has 0 saturated carbocycles. The van der Waals surface area contributed by atoms with E-state index in [9.17, 15) is 4.79 Å². The average Bonchev–Trinajstić information content (AvgIpc) is 3.29. The minimum absolute atomic E-state index is 0.00881. The molecule has 8 nitrogen and oxygen atoms in total. The largest absolute Gasteiger partial charge is 0.497 e. The summed E-state index contributed by atoms with van der Waals surface area (Å²) in [7, 11) is 4.83. The molecule has 1 atom stereocenters. The van der Waals surface area contributed by atoms with Crippen molar-refractivity contribution >= 4 is 28.3 Å². The van der Waals surface area contributed by atoms with E-state index < -0.39 is 11.5 Å². The monoisotopic (exact) mass is 436 g/mol. The maximum atomic E-state index is 13.8. The van der Waals surface area contributed by atoms with Gasteiger partial charge < -0.3 is 24.1 Å². The summed E-state index contributed by atoms with van der Waals surface area (Å²) in [5.41, 5.74) is 1.58. The number of amidine groups is 1. The maximum Gasteiger partial charge on any atom is 0.176 e. The van der Waals surface area contributed by atoms with Crippen LogP contribution in [-0.4, -0.2) is 61.6 Å². The summed E-state index contributed by atoms with van der Waals surface area (Å²) >= 11 is 0. The summed E-state index contributed by atoms with van der Waals surface area (Å²) in [6.07, 6.45) is 0. The number of aliphatic imine (C=N–C) groups is 1. The lowest BCUT2D eigenvalue weighted by Gasteiger charge is -2.32. The summed E-state index contributed by atoms with van der Waals surface area (Å²) in [5.74, 6) is 1.84. The maximum absolute atomic E-state index is 13.8. The van der Waals surface area contributed by atoms with Crippen molar-refractivity contribution in [3.63, 3.8) is 0 Å². The molecule has 1 aliphatic heterocycles. The highest BCUT2D eigenvalue weighted by molar-refractivity contribution is 6.26. The van der Waals surface area contributed by atoms with Gasteiger partial charge in [0, 0.05) is 25.3 Å². The number of fused-ring (bicyclic) bond motifs is 1. The molecule has 2 aromatic carbocycles. The molecule has 4 rings (SSSR count). The van der Waals surface area contributed by atoms with Crippen LogP contribution < -0.4 is 14.4 Å². The average molecular weight is 437 g/mol. The molecule has 0 amide bonds. The highest BCUT2D eigenvalue weighted by atomic mass is 16.5. The zero-order valence-corrected chi connectivity index (χ0v) is 19.0. The molecule has 8 heteroatoms. The lowest BCUT2D eigenvalue weighted by Crippen LogP contribution is -2.44. The van der Waals surface area contributed by atoms with Gasteiger partial charge in [-0.2, -0.15) is 0 Å². The zero-order valence-electron chi connectivity index (χ0n) is 19.0. The van der Waals surface area contributed by atoms with E-state index in [0.717, 1.165) is 16.7 Å². The molecule has 1 fully saturated rings. The first-order chi connectivity index (χ1) is 15.4. The standard InChI is InChI=1S/C24H28N4O4/c1-24(2)21(29)20(22-26-18-8-6-7-9-19(18)27-22)23(25-10-11-30-3)28(24)15-12-16(31-4)14-17(13-15)32-5/h6-9,12-14,20H,10-11H2,1-5H3,(H,26,27). The van der Waals surface area contributed by atoms with E-state index >= 15 is 0 Å². The van der Waals surface area contributed by atoms with Gasteiger partial charge in [-0.15, -0.1) is 0 Å². The topological polar surface area (TPSA) is 89.0 Å². The Labute approximate surface area is 187 Å². The van der Waals surface area contributed by atoms with Crippen LogP contribution in [-0.2, 0) is 9.53 Å². The number of aromatic amines is 1. The first kappa shape index (κ1) is 21.8. The number of nitrogens with one attached hydrogen (secondary N) is 1. The van der Waals surface area contributed by atoms with Gasteiger partial charge in [-0.05, 0) is 26.0 Å². The molecule has 1 saturated heterocycles. The molecular weight excluding hydrogens is 408 g/mol. The SMILES string of the molecule is COCCN=C1C(c2nc3ccccc3[nH]2)C(=O)C(C)(C)N1c1cc(OC)cc(OC)c1. The number of imidazole rings is 1. The summed E-state index contributed by atoms with van der Waals surface area (Å²) in [6, 6.07) is 13.3. The molecular formula is C24H28N4O4. The third-order valence-corrected chi connectivity index (χ3v) is 5.76. The first-order valence-corrected chi connectivity index (χ1v) is 10.5. The van der Waals surface area contributed by atoms with E-state index in [1.807, 2.05) is 55.1 Å².